The first-order valence-corrected chi connectivity index (χ1v) is 5.46. The van der Waals surface area contributed by atoms with E-state index in [9.17, 15) is 0 Å². The summed E-state index contributed by atoms with van der Waals surface area (Å²) in [5.74, 6) is 0.694. The number of nitrogens with one attached hydrogen (secondary N) is 1. The fourth-order valence-corrected chi connectivity index (χ4v) is 1.38. The predicted octanol–water partition coefficient (Wildman–Crippen LogP) is 0.724. The fraction of sp³-hybridized carbons (Fsp3) is 1.00. The van der Waals surface area contributed by atoms with Gasteiger partial charge in [0.1, 0.15) is 0 Å². The molecule has 0 aromatic rings. The zero-order valence-corrected chi connectivity index (χ0v) is 10.7. The highest BCUT2D eigenvalue weighted by molar-refractivity contribution is 4.73. The van der Waals surface area contributed by atoms with Crippen molar-refractivity contribution < 1.29 is 0 Å². The highest BCUT2D eigenvalue weighted by Crippen LogP contribution is 2.01. The SMILES string of the molecule is CC(C)C(CN(C)C)NCCN(C)C. The predicted molar refractivity (Wildman–Crippen MR) is 63.7 cm³/mol. The minimum absolute atomic E-state index is 0.602. The van der Waals surface area contributed by atoms with Crippen molar-refractivity contribution in [1.29, 1.82) is 0 Å². The van der Waals surface area contributed by atoms with Crippen LogP contribution in [0.25, 0.3) is 0 Å². The van der Waals surface area contributed by atoms with Gasteiger partial charge in [0.15, 0.2) is 0 Å². The van der Waals surface area contributed by atoms with Crippen molar-refractivity contribution in [3.63, 3.8) is 0 Å². The Kier molecular flexibility index (Phi) is 7.15. The molecule has 3 heteroatoms. The maximum atomic E-state index is 3.60. The lowest BCUT2D eigenvalue weighted by molar-refractivity contribution is 0.279. The Bertz CT molecular complexity index is 132. The third-order valence-corrected chi connectivity index (χ3v) is 2.33. The topological polar surface area (TPSA) is 18.5 Å². The highest BCUT2D eigenvalue weighted by Gasteiger charge is 2.12. The zero-order chi connectivity index (χ0) is 11.1. The van der Waals surface area contributed by atoms with Crippen LogP contribution in [-0.4, -0.2) is 63.7 Å². The summed E-state index contributed by atoms with van der Waals surface area (Å²) < 4.78 is 0. The summed E-state index contributed by atoms with van der Waals surface area (Å²) in [5.41, 5.74) is 0. The first kappa shape index (κ1) is 13.9. The largest absolute Gasteiger partial charge is 0.311 e. The van der Waals surface area contributed by atoms with E-state index in [1.165, 1.54) is 0 Å². The smallest absolute Gasteiger partial charge is 0.0218 e. The second kappa shape index (κ2) is 7.21. The Balaban J connectivity index is 3.74. The van der Waals surface area contributed by atoms with Gasteiger partial charge in [0, 0.05) is 25.7 Å². The molecular formula is C11H27N3. The van der Waals surface area contributed by atoms with Crippen LogP contribution in [0.4, 0.5) is 0 Å². The third kappa shape index (κ3) is 7.30. The van der Waals surface area contributed by atoms with Crippen LogP contribution >= 0.6 is 0 Å². The number of rotatable bonds is 7. The van der Waals surface area contributed by atoms with E-state index in [0.29, 0.717) is 12.0 Å². The van der Waals surface area contributed by atoms with Crippen molar-refractivity contribution >= 4 is 0 Å². The Morgan fingerprint density at radius 1 is 1.00 bits per heavy atom. The molecule has 0 rings (SSSR count). The van der Waals surface area contributed by atoms with Gasteiger partial charge in [-0.05, 0) is 34.1 Å². The van der Waals surface area contributed by atoms with Crippen LogP contribution in [0.2, 0.25) is 0 Å². The lowest BCUT2D eigenvalue weighted by Crippen LogP contribution is -2.44. The van der Waals surface area contributed by atoms with Gasteiger partial charge >= 0.3 is 0 Å². The molecule has 1 N–H and O–H groups in total. The monoisotopic (exact) mass is 201 g/mol. The van der Waals surface area contributed by atoms with Gasteiger partial charge in [-0.15, -0.1) is 0 Å². The van der Waals surface area contributed by atoms with E-state index < -0.39 is 0 Å². The van der Waals surface area contributed by atoms with Gasteiger partial charge < -0.3 is 15.1 Å². The van der Waals surface area contributed by atoms with Crippen LogP contribution in [0.3, 0.4) is 0 Å². The summed E-state index contributed by atoms with van der Waals surface area (Å²) in [5, 5.41) is 3.60. The van der Waals surface area contributed by atoms with E-state index in [1.54, 1.807) is 0 Å². The summed E-state index contributed by atoms with van der Waals surface area (Å²) in [6.45, 7) is 7.85. The fourth-order valence-electron chi connectivity index (χ4n) is 1.38. The average molecular weight is 201 g/mol. The molecule has 0 aliphatic rings. The maximum absolute atomic E-state index is 3.60. The van der Waals surface area contributed by atoms with E-state index in [1.807, 2.05) is 0 Å². The zero-order valence-electron chi connectivity index (χ0n) is 10.7. The van der Waals surface area contributed by atoms with Crippen LogP contribution in [0.5, 0.6) is 0 Å². The van der Waals surface area contributed by atoms with Crippen molar-refractivity contribution in [2.45, 2.75) is 19.9 Å². The van der Waals surface area contributed by atoms with Crippen molar-refractivity contribution in [3.8, 4) is 0 Å². The number of nitrogens with zero attached hydrogens (tertiary/aromatic N) is 2. The standard InChI is InChI=1S/C11H27N3/c1-10(2)11(9-14(5)6)12-7-8-13(3)4/h10-12H,7-9H2,1-6H3. The molecule has 0 radical (unpaired) electrons. The molecule has 0 bridgehead atoms. The quantitative estimate of drug-likeness (QED) is 0.655. The summed E-state index contributed by atoms with van der Waals surface area (Å²) in [4.78, 5) is 4.45. The van der Waals surface area contributed by atoms with Crippen molar-refractivity contribution in [2.24, 2.45) is 5.92 Å². The van der Waals surface area contributed by atoms with Gasteiger partial charge in [0.05, 0.1) is 0 Å². The maximum Gasteiger partial charge on any atom is 0.0218 e. The third-order valence-electron chi connectivity index (χ3n) is 2.33. The molecule has 0 fully saturated rings. The van der Waals surface area contributed by atoms with Crippen LogP contribution < -0.4 is 5.32 Å². The van der Waals surface area contributed by atoms with Crippen LogP contribution in [-0.2, 0) is 0 Å². The molecule has 0 saturated heterocycles. The first-order valence-electron chi connectivity index (χ1n) is 5.46. The molecule has 0 heterocycles. The van der Waals surface area contributed by atoms with Gasteiger partial charge in [-0.1, -0.05) is 13.8 Å². The molecule has 1 unspecified atom stereocenters. The summed E-state index contributed by atoms with van der Waals surface area (Å²) in [7, 11) is 8.47. The van der Waals surface area contributed by atoms with Crippen LogP contribution in [0.1, 0.15) is 13.8 Å². The van der Waals surface area contributed by atoms with E-state index >= 15 is 0 Å². The van der Waals surface area contributed by atoms with E-state index in [0.717, 1.165) is 19.6 Å². The second-order valence-electron chi connectivity index (χ2n) is 4.87. The Morgan fingerprint density at radius 2 is 1.57 bits per heavy atom. The van der Waals surface area contributed by atoms with Gasteiger partial charge in [0.25, 0.3) is 0 Å². The van der Waals surface area contributed by atoms with Crippen LogP contribution in [0, 0.1) is 5.92 Å². The highest BCUT2D eigenvalue weighted by atomic mass is 15.1. The normalized spacial score (nSPS) is 14.4. The van der Waals surface area contributed by atoms with Crippen LogP contribution in [0.15, 0.2) is 0 Å². The summed E-state index contributed by atoms with van der Waals surface area (Å²) >= 11 is 0. The Hall–Kier alpha value is -0.120. The molecule has 0 amide bonds. The van der Waals surface area contributed by atoms with Crippen molar-refractivity contribution in [2.75, 3.05) is 47.8 Å². The molecule has 0 aliphatic heterocycles. The summed E-state index contributed by atoms with van der Waals surface area (Å²) in [6.07, 6.45) is 0. The molecule has 0 aromatic heterocycles. The molecular weight excluding hydrogens is 174 g/mol. The lowest BCUT2D eigenvalue weighted by atomic mass is 10.0. The number of hydrogen-bond donors (Lipinski definition) is 1. The van der Waals surface area contributed by atoms with Gasteiger partial charge in [-0.3, -0.25) is 0 Å². The molecule has 0 aromatic carbocycles. The molecule has 0 spiro atoms. The molecule has 3 nitrogen and oxygen atoms in total. The molecule has 0 aliphatic carbocycles. The number of likely N-dealkylation sites (N-methyl/N-ethyl adjacent to an activating group) is 2. The van der Waals surface area contributed by atoms with Gasteiger partial charge in [-0.2, -0.15) is 0 Å². The summed E-state index contributed by atoms with van der Waals surface area (Å²) in [6, 6.07) is 0.602. The molecule has 0 saturated carbocycles. The minimum Gasteiger partial charge on any atom is -0.311 e. The Morgan fingerprint density at radius 3 is 1.93 bits per heavy atom. The van der Waals surface area contributed by atoms with Gasteiger partial charge in [0.2, 0.25) is 0 Å². The molecule has 14 heavy (non-hydrogen) atoms. The molecule has 1 atom stereocenters. The average Bonchev–Trinajstić information content (AvgIpc) is 2.00. The lowest BCUT2D eigenvalue weighted by Gasteiger charge is -2.26. The van der Waals surface area contributed by atoms with E-state index in [-0.39, 0.29) is 0 Å². The van der Waals surface area contributed by atoms with E-state index in [4.69, 9.17) is 0 Å². The minimum atomic E-state index is 0.602. The van der Waals surface area contributed by atoms with E-state index in [2.05, 4.69) is 57.2 Å². The Labute approximate surface area is 89.5 Å². The van der Waals surface area contributed by atoms with Crippen molar-refractivity contribution in [3.05, 3.63) is 0 Å². The van der Waals surface area contributed by atoms with Gasteiger partial charge in [-0.25, -0.2) is 0 Å². The molecule has 86 valence electrons. The first-order chi connectivity index (χ1) is 6.43. The number of hydrogen-bond acceptors (Lipinski definition) is 3. The van der Waals surface area contributed by atoms with Crippen molar-refractivity contribution in [1.82, 2.24) is 15.1 Å². The second-order valence-corrected chi connectivity index (χ2v) is 4.87.